The Morgan fingerprint density at radius 3 is 1.21 bits per heavy atom. The van der Waals surface area contributed by atoms with Crippen LogP contribution in [0.5, 0.6) is 23.0 Å². The Balaban J connectivity index is 1.51. The normalized spacial score (nSPS) is 12.4. The fraction of sp³-hybridized carbons (Fsp3) is 0.355. The first-order valence-electron chi connectivity index (χ1n) is 13.7. The Labute approximate surface area is 261 Å². The number of carbonyl (C=O) groups is 2. The summed E-state index contributed by atoms with van der Waals surface area (Å²) in [6, 6.07) is 14.6. The smallest absolute Gasteiger partial charge is 0.453 e. The average Bonchev–Trinajstić information content (AvgIpc) is 2.99. The van der Waals surface area contributed by atoms with Crippen LogP contribution >= 0.6 is 0 Å². The average molecular weight is 685 g/mol. The number of esters is 2. The van der Waals surface area contributed by atoms with Crippen molar-refractivity contribution in [1.29, 1.82) is 0 Å². The van der Waals surface area contributed by atoms with Crippen molar-refractivity contribution in [2.24, 2.45) is 0 Å². The molecule has 0 atom stereocenters. The number of hydrogen-bond donors (Lipinski definition) is 0. The fourth-order valence-corrected chi connectivity index (χ4v) is 3.76. The SMILES string of the molecule is Cc1c(OC(=O)c2ccc(OCCCC(F)(F)C(F)(F)F)cc2)cccc1OC(=O)c1ccc(OCCCC(F)(F)C(F)(F)F)cc1. The van der Waals surface area contributed by atoms with Crippen molar-refractivity contribution in [2.45, 2.75) is 56.8 Å². The lowest BCUT2D eigenvalue weighted by molar-refractivity contribution is -0.284. The third-order valence-electron chi connectivity index (χ3n) is 6.46. The molecule has 0 heterocycles. The summed E-state index contributed by atoms with van der Waals surface area (Å²) in [5, 5.41) is 0. The molecule has 3 rings (SSSR count). The largest absolute Gasteiger partial charge is 0.494 e. The molecule has 0 amide bonds. The summed E-state index contributed by atoms with van der Waals surface area (Å²) in [6.07, 6.45) is -15.3. The maximum absolute atomic E-state index is 13.0. The van der Waals surface area contributed by atoms with Crippen LogP contribution in [-0.2, 0) is 0 Å². The second kappa shape index (κ2) is 14.9. The molecule has 0 spiro atoms. The van der Waals surface area contributed by atoms with Gasteiger partial charge in [0.05, 0.1) is 24.3 Å². The summed E-state index contributed by atoms with van der Waals surface area (Å²) < 4.78 is 146. The van der Waals surface area contributed by atoms with E-state index in [4.69, 9.17) is 18.9 Å². The van der Waals surface area contributed by atoms with Gasteiger partial charge in [-0.2, -0.15) is 43.9 Å². The van der Waals surface area contributed by atoms with E-state index in [2.05, 4.69) is 0 Å². The highest BCUT2D eigenvalue weighted by Crippen LogP contribution is 2.40. The highest BCUT2D eigenvalue weighted by Gasteiger charge is 2.57. The molecule has 0 fully saturated rings. The lowest BCUT2D eigenvalue weighted by Crippen LogP contribution is -2.36. The lowest BCUT2D eigenvalue weighted by Gasteiger charge is -2.19. The molecule has 0 aliphatic carbocycles. The first-order chi connectivity index (χ1) is 21.8. The molecule has 47 heavy (non-hydrogen) atoms. The van der Waals surface area contributed by atoms with Crippen LogP contribution in [0.25, 0.3) is 0 Å². The summed E-state index contributed by atoms with van der Waals surface area (Å²) in [6.45, 7) is 0.663. The zero-order chi connectivity index (χ0) is 35.0. The first kappa shape index (κ1) is 37.0. The van der Waals surface area contributed by atoms with Gasteiger partial charge in [-0.15, -0.1) is 0 Å². The molecule has 0 radical (unpaired) electrons. The number of benzene rings is 3. The maximum atomic E-state index is 13.0. The van der Waals surface area contributed by atoms with Gasteiger partial charge in [0.15, 0.2) is 0 Å². The third kappa shape index (κ3) is 10.2. The van der Waals surface area contributed by atoms with Crippen molar-refractivity contribution in [3.8, 4) is 23.0 Å². The predicted molar refractivity (Wildman–Crippen MR) is 145 cm³/mol. The monoisotopic (exact) mass is 684 g/mol. The Bertz CT molecular complexity index is 1390. The Kier molecular flexibility index (Phi) is 11.7. The minimum Gasteiger partial charge on any atom is -0.494 e. The highest BCUT2D eigenvalue weighted by atomic mass is 19.4. The first-order valence-corrected chi connectivity index (χ1v) is 13.7. The topological polar surface area (TPSA) is 71.1 Å². The van der Waals surface area contributed by atoms with E-state index in [-0.39, 0.29) is 39.7 Å². The van der Waals surface area contributed by atoms with Crippen LogP contribution in [0, 0.1) is 6.92 Å². The number of alkyl halides is 10. The molecule has 0 saturated heterocycles. The zero-order valence-electron chi connectivity index (χ0n) is 24.3. The van der Waals surface area contributed by atoms with Crippen LogP contribution in [0.15, 0.2) is 66.7 Å². The molecular formula is C31H26F10O6. The Morgan fingerprint density at radius 1 is 0.553 bits per heavy atom. The second-order valence-electron chi connectivity index (χ2n) is 10.0. The van der Waals surface area contributed by atoms with Crippen molar-refractivity contribution in [1.82, 2.24) is 0 Å². The zero-order valence-corrected chi connectivity index (χ0v) is 24.3. The summed E-state index contributed by atoms with van der Waals surface area (Å²) in [5.41, 5.74) is 0.346. The molecular weight excluding hydrogens is 658 g/mol. The Hall–Kier alpha value is -4.50. The minimum absolute atomic E-state index is 0.0334. The molecule has 0 aromatic heterocycles. The third-order valence-corrected chi connectivity index (χ3v) is 6.46. The van der Waals surface area contributed by atoms with Crippen molar-refractivity contribution in [3.63, 3.8) is 0 Å². The van der Waals surface area contributed by atoms with E-state index >= 15 is 0 Å². The van der Waals surface area contributed by atoms with Crippen LogP contribution in [0.3, 0.4) is 0 Å². The van der Waals surface area contributed by atoms with Crippen LogP contribution in [0.2, 0.25) is 0 Å². The number of halogens is 10. The second-order valence-corrected chi connectivity index (χ2v) is 10.0. The van der Waals surface area contributed by atoms with E-state index in [1.165, 1.54) is 73.7 Å². The fourth-order valence-electron chi connectivity index (χ4n) is 3.76. The Morgan fingerprint density at radius 2 is 0.894 bits per heavy atom. The summed E-state index contributed by atoms with van der Waals surface area (Å²) >= 11 is 0. The quantitative estimate of drug-likeness (QED) is 0.0730. The van der Waals surface area contributed by atoms with E-state index in [1.54, 1.807) is 0 Å². The van der Waals surface area contributed by atoms with Gasteiger partial charge < -0.3 is 18.9 Å². The van der Waals surface area contributed by atoms with Crippen LogP contribution in [-0.4, -0.2) is 49.4 Å². The molecule has 0 N–H and O–H groups in total. The van der Waals surface area contributed by atoms with E-state index < -0.39 is 75.0 Å². The lowest BCUT2D eigenvalue weighted by atomic mass is 10.1. The molecule has 6 nitrogen and oxygen atoms in total. The molecule has 3 aromatic rings. The van der Waals surface area contributed by atoms with Crippen molar-refractivity contribution in [3.05, 3.63) is 83.4 Å². The summed E-state index contributed by atoms with van der Waals surface area (Å²) in [5.74, 6) is -11.0. The van der Waals surface area contributed by atoms with E-state index in [9.17, 15) is 53.5 Å². The molecule has 3 aromatic carbocycles. The van der Waals surface area contributed by atoms with Crippen LogP contribution in [0.4, 0.5) is 43.9 Å². The highest BCUT2D eigenvalue weighted by molar-refractivity contribution is 5.92. The van der Waals surface area contributed by atoms with Gasteiger partial charge in [-0.3, -0.25) is 0 Å². The van der Waals surface area contributed by atoms with Crippen molar-refractivity contribution < 1.29 is 72.4 Å². The standard InChI is InChI=1S/C31H26F10O6/c1-19-24(46-26(42)20-7-11-22(12-8-20)44-17-3-15-28(32,33)30(36,37)38)5-2-6-25(19)47-27(43)21-9-13-23(14-10-21)45-18-4-16-29(34,35)31(39,40)41/h2,5-14H,3-4,15-18H2,1H3. The van der Waals surface area contributed by atoms with Crippen molar-refractivity contribution >= 4 is 11.9 Å². The van der Waals surface area contributed by atoms with E-state index in [1.807, 2.05) is 0 Å². The number of rotatable bonds is 14. The number of ether oxygens (including phenoxy) is 4. The van der Waals surface area contributed by atoms with Crippen LogP contribution in [0.1, 0.15) is 52.0 Å². The van der Waals surface area contributed by atoms with Gasteiger partial charge in [0, 0.05) is 18.4 Å². The molecule has 0 saturated carbocycles. The molecule has 0 aliphatic heterocycles. The predicted octanol–water partition coefficient (Wildman–Crippen LogP) is 9.15. The van der Waals surface area contributed by atoms with Gasteiger partial charge in [-0.25, -0.2) is 9.59 Å². The van der Waals surface area contributed by atoms with Crippen LogP contribution < -0.4 is 18.9 Å². The van der Waals surface area contributed by atoms with E-state index in [0.29, 0.717) is 0 Å². The molecule has 0 unspecified atom stereocenters. The van der Waals surface area contributed by atoms with Gasteiger partial charge in [0.25, 0.3) is 0 Å². The van der Waals surface area contributed by atoms with Gasteiger partial charge in [-0.1, -0.05) is 6.07 Å². The van der Waals surface area contributed by atoms with Crippen molar-refractivity contribution in [2.75, 3.05) is 13.2 Å². The van der Waals surface area contributed by atoms with Gasteiger partial charge >= 0.3 is 36.1 Å². The van der Waals surface area contributed by atoms with Gasteiger partial charge in [0.1, 0.15) is 23.0 Å². The number of carbonyl (C=O) groups excluding carboxylic acids is 2. The molecule has 256 valence electrons. The number of hydrogen-bond acceptors (Lipinski definition) is 6. The summed E-state index contributed by atoms with van der Waals surface area (Å²) in [7, 11) is 0. The molecule has 16 heteroatoms. The summed E-state index contributed by atoms with van der Waals surface area (Å²) in [4.78, 5) is 25.3. The van der Waals surface area contributed by atoms with Gasteiger partial charge in [0.2, 0.25) is 0 Å². The molecule has 0 bridgehead atoms. The van der Waals surface area contributed by atoms with E-state index in [0.717, 1.165) is 0 Å². The van der Waals surface area contributed by atoms with Gasteiger partial charge in [-0.05, 0) is 80.4 Å². The maximum Gasteiger partial charge on any atom is 0.453 e. The molecule has 0 aliphatic rings. The minimum atomic E-state index is -5.65.